The van der Waals surface area contributed by atoms with Crippen LogP contribution < -0.4 is 4.74 Å². The number of alkyl halides is 3. The van der Waals surface area contributed by atoms with Crippen LogP contribution in [0.1, 0.15) is 17.1 Å². The number of aryl methyl sites for hydroxylation is 2. The Morgan fingerprint density at radius 1 is 1.32 bits per heavy atom. The number of benzene rings is 1. The van der Waals surface area contributed by atoms with Gasteiger partial charge < -0.3 is 9.30 Å². The van der Waals surface area contributed by atoms with Gasteiger partial charge in [0, 0.05) is 13.2 Å². The van der Waals surface area contributed by atoms with Crippen LogP contribution in [0.15, 0.2) is 30.5 Å². The third kappa shape index (κ3) is 3.27. The minimum Gasteiger partial charge on any atom is -0.487 e. The first-order valence-corrected chi connectivity index (χ1v) is 5.65. The Bertz CT molecular complexity index is 556. The van der Waals surface area contributed by atoms with E-state index in [9.17, 15) is 13.2 Å². The monoisotopic (exact) mass is 270 g/mol. The Hall–Kier alpha value is -1.98. The summed E-state index contributed by atoms with van der Waals surface area (Å²) in [6.07, 6.45) is -2.58. The SMILES string of the molecule is Cc1nc(COc2cccc(C(F)(F)F)c2)cn1C. The quantitative estimate of drug-likeness (QED) is 0.855. The Kier molecular flexibility index (Phi) is 3.50. The van der Waals surface area contributed by atoms with E-state index in [2.05, 4.69) is 4.98 Å². The van der Waals surface area contributed by atoms with E-state index in [0.717, 1.165) is 18.0 Å². The third-order valence-electron chi connectivity index (χ3n) is 2.71. The van der Waals surface area contributed by atoms with Crippen molar-refractivity contribution in [1.82, 2.24) is 9.55 Å². The van der Waals surface area contributed by atoms with Gasteiger partial charge >= 0.3 is 6.18 Å². The maximum Gasteiger partial charge on any atom is 0.416 e. The number of aromatic nitrogens is 2. The molecule has 102 valence electrons. The summed E-state index contributed by atoms with van der Waals surface area (Å²) in [5.41, 5.74) is -0.0420. The van der Waals surface area contributed by atoms with E-state index < -0.39 is 11.7 Å². The summed E-state index contributed by atoms with van der Waals surface area (Å²) in [4.78, 5) is 4.21. The first-order valence-electron chi connectivity index (χ1n) is 5.65. The lowest BCUT2D eigenvalue weighted by Gasteiger charge is -2.09. The van der Waals surface area contributed by atoms with E-state index >= 15 is 0 Å². The Balaban J connectivity index is 2.07. The first-order chi connectivity index (χ1) is 8.86. The number of nitrogens with zero attached hydrogens (tertiary/aromatic N) is 2. The highest BCUT2D eigenvalue weighted by atomic mass is 19.4. The highest BCUT2D eigenvalue weighted by Gasteiger charge is 2.30. The fourth-order valence-corrected chi connectivity index (χ4v) is 1.62. The zero-order chi connectivity index (χ0) is 14.0. The molecule has 0 amide bonds. The van der Waals surface area contributed by atoms with Gasteiger partial charge in [0.05, 0.1) is 11.3 Å². The van der Waals surface area contributed by atoms with Crippen LogP contribution in [0.4, 0.5) is 13.2 Å². The molecule has 2 aromatic rings. The predicted octanol–water partition coefficient (Wildman–Crippen LogP) is 3.33. The molecule has 2 rings (SSSR count). The molecule has 0 unspecified atom stereocenters. The van der Waals surface area contributed by atoms with E-state index in [4.69, 9.17) is 4.74 Å². The second-order valence-electron chi connectivity index (χ2n) is 4.20. The van der Waals surface area contributed by atoms with Gasteiger partial charge in [0.1, 0.15) is 18.2 Å². The number of imidazole rings is 1. The Labute approximate surface area is 108 Å². The van der Waals surface area contributed by atoms with Crippen LogP contribution >= 0.6 is 0 Å². The molecule has 0 atom stereocenters. The van der Waals surface area contributed by atoms with Crippen molar-refractivity contribution in [3.63, 3.8) is 0 Å². The highest BCUT2D eigenvalue weighted by Crippen LogP contribution is 2.31. The summed E-state index contributed by atoms with van der Waals surface area (Å²) in [5.74, 6) is 1.00. The van der Waals surface area contributed by atoms with Crippen LogP contribution in [0.3, 0.4) is 0 Å². The standard InChI is InChI=1S/C13H13F3N2O/c1-9-17-11(7-18(9)2)8-19-12-5-3-4-10(6-12)13(14,15)16/h3-7H,8H2,1-2H3. The molecule has 1 aromatic carbocycles. The van der Waals surface area contributed by atoms with Gasteiger partial charge in [-0.2, -0.15) is 13.2 Å². The molecule has 0 aliphatic carbocycles. The van der Waals surface area contributed by atoms with Crippen LogP contribution in [0.2, 0.25) is 0 Å². The molecule has 0 radical (unpaired) electrons. The normalized spacial score (nSPS) is 11.6. The summed E-state index contributed by atoms with van der Waals surface area (Å²) in [6, 6.07) is 4.81. The summed E-state index contributed by atoms with van der Waals surface area (Å²) < 4.78 is 44.7. The lowest BCUT2D eigenvalue weighted by molar-refractivity contribution is -0.137. The smallest absolute Gasteiger partial charge is 0.416 e. The topological polar surface area (TPSA) is 27.1 Å². The lowest BCUT2D eigenvalue weighted by atomic mass is 10.2. The van der Waals surface area contributed by atoms with Crippen molar-refractivity contribution in [3.8, 4) is 5.75 Å². The van der Waals surface area contributed by atoms with Crippen LogP contribution in [0.5, 0.6) is 5.75 Å². The van der Waals surface area contributed by atoms with Gasteiger partial charge in [-0.3, -0.25) is 0 Å². The largest absolute Gasteiger partial charge is 0.487 e. The molecule has 19 heavy (non-hydrogen) atoms. The Morgan fingerprint density at radius 2 is 2.05 bits per heavy atom. The van der Waals surface area contributed by atoms with Gasteiger partial charge in [-0.15, -0.1) is 0 Å². The lowest BCUT2D eigenvalue weighted by Crippen LogP contribution is -2.05. The molecule has 1 heterocycles. The van der Waals surface area contributed by atoms with E-state index in [1.807, 2.05) is 18.5 Å². The van der Waals surface area contributed by atoms with E-state index in [1.54, 1.807) is 6.20 Å². The first kappa shape index (κ1) is 13.5. The molecular weight excluding hydrogens is 257 g/mol. The molecule has 0 bridgehead atoms. The Morgan fingerprint density at radius 3 is 2.63 bits per heavy atom. The molecule has 0 saturated carbocycles. The van der Waals surface area contributed by atoms with Crippen LogP contribution in [0, 0.1) is 6.92 Å². The van der Waals surface area contributed by atoms with Gasteiger partial charge in [-0.1, -0.05) is 6.07 Å². The van der Waals surface area contributed by atoms with Gasteiger partial charge in [-0.25, -0.2) is 4.98 Å². The molecule has 0 fully saturated rings. The molecule has 0 spiro atoms. The predicted molar refractivity (Wildman–Crippen MR) is 63.7 cm³/mol. The number of ether oxygens (including phenoxy) is 1. The number of halogens is 3. The van der Waals surface area contributed by atoms with Crippen molar-refractivity contribution in [1.29, 1.82) is 0 Å². The minimum atomic E-state index is -4.36. The molecule has 0 aliphatic heterocycles. The molecule has 3 nitrogen and oxygen atoms in total. The average Bonchev–Trinajstić information content (AvgIpc) is 2.66. The van der Waals surface area contributed by atoms with Crippen molar-refractivity contribution >= 4 is 0 Å². The maximum absolute atomic E-state index is 12.5. The van der Waals surface area contributed by atoms with Gasteiger partial charge in [-0.05, 0) is 25.1 Å². The highest BCUT2D eigenvalue weighted by molar-refractivity contribution is 5.30. The van der Waals surface area contributed by atoms with Gasteiger partial charge in [0.25, 0.3) is 0 Å². The zero-order valence-corrected chi connectivity index (χ0v) is 10.5. The molecule has 6 heteroatoms. The van der Waals surface area contributed by atoms with E-state index in [0.29, 0.717) is 5.69 Å². The van der Waals surface area contributed by atoms with Gasteiger partial charge in [0.15, 0.2) is 0 Å². The fraction of sp³-hybridized carbons (Fsp3) is 0.308. The number of rotatable bonds is 3. The molecule has 0 N–H and O–H groups in total. The second-order valence-corrected chi connectivity index (χ2v) is 4.20. The van der Waals surface area contributed by atoms with Crippen LogP contribution in [-0.4, -0.2) is 9.55 Å². The summed E-state index contributed by atoms with van der Waals surface area (Å²) in [6.45, 7) is 1.98. The molecule has 0 saturated heterocycles. The summed E-state index contributed by atoms with van der Waals surface area (Å²) in [7, 11) is 1.84. The van der Waals surface area contributed by atoms with Crippen molar-refractivity contribution in [2.75, 3.05) is 0 Å². The molecule has 0 aliphatic rings. The third-order valence-corrected chi connectivity index (χ3v) is 2.71. The van der Waals surface area contributed by atoms with Crippen molar-refractivity contribution in [2.45, 2.75) is 19.7 Å². The van der Waals surface area contributed by atoms with Crippen LogP contribution in [0.25, 0.3) is 0 Å². The maximum atomic E-state index is 12.5. The second kappa shape index (κ2) is 4.95. The molecule has 1 aromatic heterocycles. The van der Waals surface area contributed by atoms with E-state index in [1.165, 1.54) is 12.1 Å². The summed E-state index contributed by atoms with van der Waals surface area (Å²) >= 11 is 0. The van der Waals surface area contributed by atoms with Gasteiger partial charge in [0.2, 0.25) is 0 Å². The molecular formula is C13H13F3N2O. The van der Waals surface area contributed by atoms with E-state index in [-0.39, 0.29) is 12.4 Å². The van der Waals surface area contributed by atoms with Crippen molar-refractivity contribution in [3.05, 3.63) is 47.5 Å². The average molecular weight is 270 g/mol. The number of hydrogen-bond donors (Lipinski definition) is 0. The van der Waals surface area contributed by atoms with Crippen molar-refractivity contribution < 1.29 is 17.9 Å². The minimum absolute atomic E-state index is 0.142. The summed E-state index contributed by atoms with van der Waals surface area (Å²) in [5, 5.41) is 0. The van der Waals surface area contributed by atoms with Crippen LogP contribution in [-0.2, 0) is 19.8 Å². The fourth-order valence-electron chi connectivity index (χ4n) is 1.62. The zero-order valence-electron chi connectivity index (χ0n) is 10.5. The number of hydrogen-bond acceptors (Lipinski definition) is 2. The van der Waals surface area contributed by atoms with Crippen molar-refractivity contribution in [2.24, 2.45) is 7.05 Å².